The van der Waals surface area contributed by atoms with E-state index in [1.54, 1.807) is 7.11 Å². The van der Waals surface area contributed by atoms with E-state index in [0.717, 1.165) is 29.7 Å². The van der Waals surface area contributed by atoms with Gasteiger partial charge in [-0.1, -0.05) is 6.07 Å². The van der Waals surface area contributed by atoms with Gasteiger partial charge in [-0.05, 0) is 47.1 Å². The summed E-state index contributed by atoms with van der Waals surface area (Å²) in [5.74, 6) is 0.853. The quantitative estimate of drug-likeness (QED) is 0.810. The molecule has 0 aliphatic heterocycles. The molecule has 0 N–H and O–H groups in total. The van der Waals surface area contributed by atoms with Crippen LogP contribution in [0.3, 0.4) is 0 Å². The van der Waals surface area contributed by atoms with Gasteiger partial charge in [-0.15, -0.1) is 0 Å². The van der Waals surface area contributed by atoms with E-state index in [4.69, 9.17) is 10.00 Å². The van der Waals surface area contributed by atoms with Crippen LogP contribution in [0.5, 0.6) is 5.75 Å². The van der Waals surface area contributed by atoms with Crippen molar-refractivity contribution in [2.75, 3.05) is 27.2 Å². The fourth-order valence-corrected chi connectivity index (χ4v) is 2.13. The lowest BCUT2D eigenvalue weighted by molar-refractivity contribution is 0.346. The van der Waals surface area contributed by atoms with Gasteiger partial charge >= 0.3 is 0 Å². The number of methoxy groups -OCH3 is 1. The van der Waals surface area contributed by atoms with Crippen LogP contribution in [0.2, 0.25) is 0 Å². The Morgan fingerprint density at radius 2 is 2.18 bits per heavy atom. The van der Waals surface area contributed by atoms with Crippen LogP contribution in [0.25, 0.3) is 0 Å². The molecule has 0 atom stereocenters. The minimum Gasteiger partial charge on any atom is -0.496 e. The molecule has 1 rings (SSSR count). The normalized spacial score (nSPS) is 10.3. The lowest BCUT2D eigenvalue weighted by atomic mass is 10.1. The molecule has 17 heavy (non-hydrogen) atoms. The number of nitrogens with zero attached hydrogens (tertiary/aromatic N) is 2. The van der Waals surface area contributed by atoms with Crippen LogP contribution < -0.4 is 4.74 Å². The van der Waals surface area contributed by atoms with E-state index >= 15 is 0 Å². The summed E-state index contributed by atoms with van der Waals surface area (Å²) < 4.78 is 6.17. The molecule has 0 aromatic heterocycles. The fourth-order valence-electron chi connectivity index (χ4n) is 1.54. The van der Waals surface area contributed by atoms with Crippen molar-refractivity contribution in [1.29, 1.82) is 5.26 Å². The Labute approximate surface area is 111 Å². The predicted molar refractivity (Wildman–Crippen MR) is 72.1 cm³/mol. The predicted octanol–water partition coefficient (Wildman–Crippen LogP) is 2.85. The van der Waals surface area contributed by atoms with Gasteiger partial charge in [0, 0.05) is 19.5 Å². The van der Waals surface area contributed by atoms with Crippen LogP contribution in [0.1, 0.15) is 12.0 Å². The van der Waals surface area contributed by atoms with E-state index in [0.29, 0.717) is 6.42 Å². The van der Waals surface area contributed by atoms with Crippen molar-refractivity contribution in [2.45, 2.75) is 12.8 Å². The van der Waals surface area contributed by atoms with Crippen LogP contribution in [-0.2, 0) is 6.42 Å². The average Bonchev–Trinajstić information content (AvgIpc) is 2.34. The summed E-state index contributed by atoms with van der Waals surface area (Å²) >= 11 is 3.47. The van der Waals surface area contributed by atoms with Gasteiger partial charge in [-0.3, -0.25) is 0 Å². The monoisotopic (exact) mass is 296 g/mol. The topological polar surface area (TPSA) is 36.3 Å². The number of ether oxygens (including phenoxy) is 1. The van der Waals surface area contributed by atoms with E-state index in [-0.39, 0.29) is 0 Å². The minimum absolute atomic E-state index is 0.586. The van der Waals surface area contributed by atoms with Gasteiger partial charge in [0.15, 0.2) is 0 Å². The first kappa shape index (κ1) is 14.0. The maximum atomic E-state index is 8.50. The second-order valence-corrected chi connectivity index (χ2v) is 4.78. The Balaban J connectivity index is 2.47. The first-order chi connectivity index (χ1) is 8.17. The highest BCUT2D eigenvalue weighted by Crippen LogP contribution is 2.25. The molecule has 0 saturated heterocycles. The second kappa shape index (κ2) is 7.31. The lowest BCUT2D eigenvalue weighted by Crippen LogP contribution is -2.22. The molecule has 1 aromatic rings. The van der Waals surface area contributed by atoms with Crippen LogP contribution in [0, 0.1) is 11.3 Å². The van der Waals surface area contributed by atoms with Crippen molar-refractivity contribution in [3.05, 3.63) is 28.2 Å². The molecular weight excluding hydrogens is 280 g/mol. The highest BCUT2D eigenvalue weighted by molar-refractivity contribution is 9.10. The number of likely N-dealkylation sites (N-methyl/N-ethyl adjacent to an activating group) is 1. The van der Waals surface area contributed by atoms with Gasteiger partial charge < -0.3 is 9.64 Å². The van der Waals surface area contributed by atoms with E-state index in [1.807, 2.05) is 13.1 Å². The third-order valence-electron chi connectivity index (χ3n) is 2.60. The van der Waals surface area contributed by atoms with Crippen LogP contribution in [-0.4, -0.2) is 32.1 Å². The first-order valence-electron chi connectivity index (χ1n) is 5.55. The Hall–Kier alpha value is -1.05. The smallest absolute Gasteiger partial charge is 0.133 e. The number of rotatable bonds is 6. The van der Waals surface area contributed by atoms with Gasteiger partial charge in [0.05, 0.1) is 17.7 Å². The number of hydrogen-bond donors (Lipinski definition) is 0. The summed E-state index contributed by atoms with van der Waals surface area (Å²) in [6, 6.07) is 8.27. The average molecular weight is 297 g/mol. The molecule has 0 amide bonds. The maximum Gasteiger partial charge on any atom is 0.133 e. The van der Waals surface area contributed by atoms with Crippen LogP contribution >= 0.6 is 15.9 Å². The molecule has 0 fully saturated rings. The van der Waals surface area contributed by atoms with E-state index in [2.05, 4.69) is 39.0 Å². The van der Waals surface area contributed by atoms with E-state index < -0.39 is 0 Å². The third-order valence-corrected chi connectivity index (χ3v) is 3.22. The Kier molecular flexibility index (Phi) is 6.03. The van der Waals surface area contributed by atoms with Crippen molar-refractivity contribution in [2.24, 2.45) is 0 Å². The van der Waals surface area contributed by atoms with Gasteiger partial charge in [0.25, 0.3) is 0 Å². The minimum atomic E-state index is 0.586. The van der Waals surface area contributed by atoms with E-state index in [9.17, 15) is 0 Å². The van der Waals surface area contributed by atoms with Crippen molar-refractivity contribution in [3.63, 3.8) is 0 Å². The molecule has 0 heterocycles. The zero-order valence-electron chi connectivity index (χ0n) is 10.2. The SMILES string of the molecule is COc1ccc(CCN(C)CCC#N)cc1Br. The molecule has 0 aliphatic carbocycles. The second-order valence-electron chi connectivity index (χ2n) is 3.93. The Morgan fingerprint density at radius 1 is 1.41 bits per heavy atom. The Morgan fingerprint density at radius 3 is 2.76 bits per heavy atom. The molecule has 0 spiro atoms. The third kappa shape index (κ3) is 4.76. The van der Waals surface area contributed by atoms with Crippen molar-refractivity contribution < 1.29 is 4.74 Å². The van der Waals surface area contributed by atoms with Gasteiger partial charge in [-0.25, -0.2) is 0 Å². The van der Waals surface area contributed by atoms with Crippen molar-refractivity contribution in [1.82, 2.24) is 4.90 Å². The van der Waals surface area contributed by atoms with E-state index in [1.165, 1.54) is 5.56 Å². The van der Waals surface area contributed by atoms with Gasteiger partial charge in [0.1, 0.15) is 5.75 Å². The lowest BCUT2D eigenvalue weighted by Gasteiger charge is -2.14. The molecule has 4 heteroatoms. The zero-order valence-corrected chi connectivity index (χ0v) is 11.8. The number of benzene rings is 1. The Bertz CT molecular complexity index is 401. The zero-order chi connectivity index (χ0) is 12.7. The van der Waals surface area contributed by atoms with Gasteiger partial charge in [0.2, 0.25) is 0 Å². The molecule has 3 nitrogen and oxygen atoms in total. The molecule has 1 aromatic carbocycles. The molecule has 92 valence electrons. The van der Waals surface area contributed by atoms with Gasteiger partial charge in [-0.2, -0.15) is 5.26 Å². The summed E-state index contributed by atoms with van der Waals surface area (Å²) in [5, 5.41) is 8.50. The summed E-state index contributed by atoms with van der Waals surface area (Å²) in [6.07, 6.45) is 1.56. The molecular formula is C13H17BrN2O. The summed E-state index contributed by atoms with van der Waals surface area (Å²) in [4.78, 5) is 2.17. The standard InChI is InChI=1S/C13H17BrN2O/c1-16(8-3-7-15)9-6-11-4-5-13(17-2)12(14)10-11/h4-5,10H,3,6,8-9H2,1-2H3. The fraction of sp³-hybridized carbons (Fsp3) is 0.462. The summed E-state index contributed by atoms with van der Waals surface area (Å²) in [7, 11) is 3.70. The maximum absolute atomic E-state index is 8.50. The largest absolute Gasteiger partial charge is 0.496 e. The highest BCUT2D eigenvalue weighted by atomic mass is 79.9. The van der Waals surface area contributed by atoms with Crippen molar-refractivity contribution in [3.8, 4) is 11.8 Å². The number of hydrogen-bond acceptors (Lipinski definition) is 3. The van der Waals surface area contributed by atoms with Crippen molar-refractivity contribution >= 4 is 15.9 Å². The molecule has 0 bridgehead atoms. The summed E-state index contributed by atoms with van der Waals surface area (Å²) in [5.41, 5.74) is 1.27. The molecule has 0 radical (unpaired) electrons. The van der Waals surface area contributed by atoms with Crippen LogP contribution in [0.4, 0.5) is 0 Å². The number of halogens is 1. The molecule has 0 saturated carbocycles. The highest BCUT2D eigenvalue weighted by Gasteiger charge is 2.03. The summed E-state index contributed by atoms with van der Waals surface area (Å²) in [6.45, 7) is 1.79. The first-order valence-corrected chi connectivity index (χ1v) is 6.34. The van der Waals surface area contributed by atoms with Crippen LogP contribution in [0.15, 0.2) is 22.7 Å². The number of nitriles is 1. The molecule has 0 aliphatic rings. The molecule has 0 unspecified atom stereocenters.